The van der Waals surface area contributed by atoms with Crippen LogP contribution in [0.25, 0.3) is 17.1 Å². The number of hydrogen-bond acceptors (Lipinski definition) is 4. The summed E-state index contributed by atoms with van der Waals surface area (Å²) in [7, 11) is 0. The molecule has 5 aromatic rings. The molecular formula is C32H23ClN3O3S-. The summed E-state index contributed by atoms with van der Waals surface area (Å²) in [6.45, 7) is 5.98. The number of carbonyl (C=O) groups is 1. The van der Waals surface area contributed by atoms with Crippen molar-refractivity contribution >= 4 is 51.6 Å². The first-order valence-corrected chi connectivity index (χ1v) is 13.7. The Bertz CT molecular complexity index is 1820. The second-order valence-electron chi connectivity index (χ2n) is 8.98. The molecule has 0 bridgehead atoms. The molecule has 1 unspecified atom stereocenters. The van der Waals surface area contributed by atoms with Gasteiger partial charge in [0, 0.05) is 21.7 Å². The predicted molar refractivity (Wildman–Crippen MR) is 160 cm³/mol. The fraction of sp³-hybridized carbons (Fsp3) is 0.0625. The third-order valence-electron chi connectivity index (χ3n) is 6.39. The normalized spacial score (nSPS) is 11.5. The molecule has 8 heteroatoms. The standard InChI is InChI=1S/C32H24ClN3O3S/c1-3-23-12-16-28(17-13-23)36(40(38)39)32(37)26-15-18-30-31(20-26)35(22(2)34-30)21-27-14-11-25(19-29(27)33)10-9-24-7-5-4-6-8-24/h3-8,11-20H,1,21H2,2H3,(H,38,39)/p-1. The number of aromatic nitrogens is 2. The Labute approximate surface area is 240 Å². The van der Waals surface area contributed by atoms with Crippen molar-refractivity contribution in [1.82, 2.24) is 9.55 Å². The predicted octanol–water partition coefficient (Wildman–Crippen LogP) is 6.53. The van der Waals surface area contributed by atoms with Crippen molar-refractivity contribution in [2.75, 3.05) is 4.31 Å². The molecular weight excluding hydrogens is 542 g/mol. The molecule has 0 spiro atoms. The Morgan fingerprint density at radius 1 is 1.02 bits per heavy atom. The lowest BCUT2D eigenvalue weighted by molar-refractivity contribution is 0.100. The third-order valence-corrected chi connectivity index (χ3v) is 7.42. The average molecular weight is 565 g/mol. The molecule has 4 aromatic carbocycles. The zero-order valence-electron chi connectivity index (χ0n) is 21.5. The van der Waals surface area contributed by atoms with Gasteiger partial charge in [-0.2, -0.15) is 0 Å². The quantitative estimate of drug-likeness (QED) is 0.173. The second-order valence-corrected chi connectivity index (χ2v) is 10.2. The number of benzene rings is 4. The monoisotopic (exact) mass is 564 g/mol. The van der Waals surface area contributed by atoms with E-state index in [4.69, 9.17) is 11.6 Å². The molecule has 0 aliphatic carbocycles. The summed E-state index contributed by atoms with van der Waals surface area (Å²) in [6, 6.07) is 26.8. The van der Waals surface area contributed by atoms with Gasteiger partial charge in [0.2, 0.25) is 0 Å². The third kappa shape index (κ3) is 5.75. The number of amides is 1. The highest BCUT2D eigenvalue weighted by Gasteiger charge is 2.21. The first kappa shape index (κ1) is 27.1. The maximum Gasteiger partial charge on any atom is 0.269 e. The first-order valence-electron chi connectivity index (χ1n) is 12.3. The minimum Gasteiger partial charge on any atom is -0.755 e. The Balaban J connectivity index is 1.45. The van der Waals surface area contributed by atoms with Crippen LogP contribution in [0, 0.1) is 18.8 Å². The molecule has 0 saturated heterocycles. The molecule has 6 nitrogen and oxygen atoms in total. The van der Waals surface area contributed by atoms with Crippen LogP contribution < -0.4 is 4.31 Å². The van der Waals surface area contributed by atoms with Crippen LogP contribution in [0.4, 0.5) is 5.69 Å². The van der Waals surface area contributed by atoms with Gasteiger partial charge in [-0.3, -0.25) is 9.00 Å². The highest BCUT2D eigenvalue weighted by Crippen LogP contribution is 2.26. The van der Waals surface area contributed by atoms with E-state index in [0.717, 1.165) is 32.4 Å². The lowest BCUT2D eigenvalue weighted by atomic mass is 10.1. The molecule has 40 heavy (non-hydrogen) atoms. The van der Waals surface area contributed by atoms with Crippen molar-refractivity contribution in [2.45, 2.75) is 13.5 Å². The van der Waals surface area contributed by atoms with Gasteiger partial charge in [-0.25, -0.2) is 9.29 Å². The summed E-state index contributed by atoms with van der Waals surface area (Å²) in [4.78, 5) is 18.0. The van der Waals surface area contributed by atoms with Gasteiger partial charge in [0.15, 0.2) is 0 Å². The highest BCUT2D eigenvalue weighted by atomic mass is 35.5. The van der Waals surface area contributed by atoms with Gasteiger partial charge >= 0.3 is 0 Å². The lowest BCUT2D eigenvalue weighted by Gasteiger charge is -2.24. The molecule has 1 aromatic heterocycles. The molecule has 0 aliphatic rings. The average Bonchev–Trinajstić information content (AvgIpc) is 3.27. The van der Waals surface area contributed by atoms with Crippen LogP contribution in [-0.4, -0.2) is 24.2 Å². The summed E-state index contributed by atoms with van der Waals surface area (Å²) in [5.74, 6) is 6.32. The van der Waals surface area contributed by atoms with Crippen molar-refractivity contribution in [2.24, 2.45) is 0 Å². The van der Waals surface area contributed by atoms with E-state index < -0.39 is 17.2 Å². The zero-order valence-corrected chi connectivity index (χ0v) is 23.1. The topological polar surface area (TPSA) is 78.3 Å². The minimum atomic E-state index is -2.82. The summed E-state index contributed by atoms with van der Waals surface area (Å²) in [6.07, 6.45) is 1.64. The lowest BCUT2D eigenvalue weighted by Crippen LogP contribution is -2.32. The number of imidazole rings is 1. The van der Waals surface area contributed by atoms with E-state index in [-0.39, 0.29) is 11.3 Å². The van der Waals surface area contributed by atoms with Gasteiger partial charge < -0.3 is 9.12 Å². The van der Waals surface area contributed by atoms with Crippen LogP contribution in [0.5, 0.6) is 0 Å². The smallest absolute Gasteiger partial charge is 0.269 e. The van der Waals surface area contributed by atoms with Crippen molar-refractivity contribution in [3.8, 4) is 11.8 Å². The zero-order chi connectivity index (χ0) is 28.2. The Hall–Kier alpha value is -4.48. The van der Waals surface area contributed by atoms with Crippen LogP contribution in [0.2, 0.25) is 5.02 Å². The molecule has 0 N–H and O–H groups in total. The fourth-order valence-electron chi connectivity index (χ4n) is 4.30. The second kappa shape index (κ2) is 11.7. The van der Waals surface area contributed by atoms with Gasteiger partial charge in [-0.15, -0.1) is 0 Å². The van der Waals surface area contributed by atoms with Gasteiger partial charge in [-0.05, 0) is 72.6 Å². The summed E-state index contributed by atoms with van der Waals surface area (Å²) in [5.41, 5.74) is 5.19. The van der Waals surface area contributed by atoms with Gasteiger partial charge in [0.25, 0.3) is 5.91 Å². The molecule has 0 aliphatic heterocycles. The van der Waals surface area contributed by atoms with E-state index in [1.165, 1.54) is 0 Å². The van der Waals surface area contributed by atoms with Crippen LogP contribution in [-0.2, 0) is 17.8 Å². The molecule has 1 atom stereocenters. The molecule has 0 saturated carbocycles. The minimum absolute atomic E-state index is 0.211. The van der Waals surface area contributed by atoms with Crippen molar-refractivity contribution < 1.29 is 13.6 Å². The molecule has 0 fully saturated rings. The van der Waals surface area contributed by atoms with E-state index >= 15 is 0 Å². The van der Waals surface area contributed by atoms with Crippen molar-refractivity contribution in [3.63, 3.8) is 0 Å². The number of anilines is 1. The summed E-state index contributed by atoms with van der Waals surface area (Å²) < 4.78 is 26.8. The van der Waals surface area contributed by atoms with Crippen molar-refractivity contribution in [1.29, 1.82) is 0 Å². The van der Waals surface area contributed by atoms with E-state index in [0.29, 0.717) is 22.6 Å². The summed E-state index contributed by atoms with van der Waals surface area (Å²) in [5, 5.41) is 0.559. The summed E-state index contributed by atoms with van der Waals surface area (Å²) >= 11 is 3.82. The molecule has 1 heterocycles. The molecule has 0 radical (unpaired) electrons. The number of rotatable bonds is 6. The maximum atomic E-state index is 13.4. The van der Waals surface area contributed by atoms with Gasteiger partial charge in [-0.1, -0.05) is 72.5 Å². The molecule has 1 amide bonds. The fourth-order valence-corrected chi connectivity index (χ4v) is 5.07. The van der Waals surface area contributed by atoms with E-state index in [2.05, 4.69) is 23.4 Å². The van der Waals surface area contributed by atoms with Gasteiger partial charge in [0.1, 0.15) is 5.82 Å². The largest absolute Gasteiger partial charge is 0.755 e. The van der Waals surface area contributed by atoms with E-state index in [1.807, 2.05) is 60.0 Å². The number of halogens is 1. The van der Waals surface area contributed by atoms with Crippen LogP contribution in [0.15, 0.2) is 97.6 Å². The SMILES string of the molecule is C=Cc1ccc(N(C(=O)c2ccc3nc(C)n(Cc4ccc(C#Cc5ccccc5)cc4Cl)c3c2)S(=O)[O-])cc1. The Kier molecular flexibility index (Phi) is 7.94. The van der Waals surface area contributed by atoms with Crippen LogP contribution in [0.1, 0.15) is 38.4 Å². The molecule has 198 valence electrons. The Morgan fingerprint density at radius 3 is 2.42 bits per heavy atom. The van der Waals surface area contributed by atoms with Crippen LogP contribution >= 0.6 is 11.6 Å². The highest BCUT2D eigenvalue weighted by molar-refractivity contribution is 7.81. The van der Waals surface area contributed by atoms with Crippen molar-refractivity contribution in [3.05, 3.63) is 136 Å². The molecule has 5 rings (SSSR count). The maximum absolute atomic E-state index is 13.4. The number of fused-ring (bicyclic) bond motifs is 1. The van der Waals surface area contributed by atoms with E-state index in [1.54, 1.807) is 48.5 Å². The number of carbonyl (C=O) groups excluding carboxylic acids is 1. The van der Waals surface area contributed by atoms with Gasteiger partial charge in [0.05, 0.1) is 34.5 Å². The number of hydrogen-bond donors (Lipinski definition) is 0. The number of nitrogens with zero attached hydrogens (tertiary/aromatic N) is 3. The Morgan fingerprint density at radius 2 is 1.75 bits per heavy atom. The first-order chi connectivity index (χ1) is 19.3. The van der Waals surface area contributed by atoms with E-state index in [9.17, 15) is 13.6 Å². The van der Waals surface area contributed by atoms with Crippen LogP contribution in [0.3, 0.4) is 0 Å². The number of aryl methyl sites for hydroxylation is 1.